The fourth-order valence-electron chi connectivity index (χ4n) is 1.19. The number of alkyl halides is 4. The Kier molecular flexibility index (Phi) is 3.73. The summed E-state index contributed by atoms with van der Waals surface area (Å²) in [6.07, 6.45) is -4.48. The van der Waals surface area contributed by atoms with E-state index in [1.54, 1.807) is 6.92 Å². The molecule has 0 N–H and O–H groups in total. The van der Waals surface area contributed by atoms with Crippen molar-refractivity contribution in [1.29, 1.82) is 0 Å². The van der Waals surface area contributed by atoms with Crippen LogP contribution in [-0.2, 0) is 4.87 Å². The Bertz CT molecular complexity index is 343. The largest absolute Gasteiger partial charge is 0.494 e. The van der Waals surface area contributed by atoms with Crippen LogP contribution in [0.2, 0.25) is 0 Å². The Balaban J connectivity index is 2.97. The van der Waals surface area contributed by atoms with Gasteiger partial charge in [0, 0.05) is 0 Å². The molecule has 1 aromatic rings. The molecule has 0 saturated carbocycles. The van der Waals surface area contributed by atoms with E-state index in [0.29, 0.717) is 12.4 Å². The van der Waals surface area contributed by atoms with Gasteiger partial charge in [-0.2, -0.15) is 13.2 Å². The smallest absolute Gasteiger partial charge is 0.411 e. The summed E-state index contributed by atoms with van der Waals surface area (Å²) in [4.78, 5) is -2.36. The highest BCUT2D eigenvalue weighted by atomic mass is 35.5. The Morgan fingerprint density at radius 2 is 1.69 bits per heavy atom. The van der Waals surface area contributed by atoms with Crippen LogP contribution in [0.5, 0.6) is 5.75 Å². The highest BCUT2D eigenvalue weighted by molar-refractivity contribution is 6.24. The molecule has 1 nitrogen and oxygen atoms in total. The third-order valence-corrected chi connectivity index (χ3v) is 2.67. The fourth-order valence-corrected chi connectivity index (χ4v) is 1.32. The van der Waals surface area contributed by atoms with Gasteiger partial charge < -0.3 is 4.74 Å². The Hall–Kier alpha value is -0.900. The molecule has 0 saturated heterocycles. The molecule has 0 aliphatic heterocycles. The van der Waals surface area contributed by atoms with Crippen LogP contribution in [0.1, 0.15) is 19.4 Å². The van der Waals surface area contributed by atoms with Gasteiger partial charge >= 0.3 is 6.18 Å². The van der Waals surface area contributed by atoms with Gasteiger partial charge in [0.1, 0.15) is 5.75 Å². The molecule has 0 aliphatic carbocycles. The highest BCUT2D eigenvalue weighted by Gasteiger charge is 2.51. The minimum Gasteiger partial charge on any atom is -0.494 e. The van der Waals surface area contributed by atoms with Crippen LogP contribution in [0, 0.1) is 0 Å². The third kappa shape index (κ3) is 2.61. The average molecular weight is 253 g/mol. The molecule has 90 valence electrons. The van der Waals surface area contributed by atoms with Crippen LogP contribution in [0.3, 0.4) is 0 Å². The van der Waals surface area contributed by atoms with Gasteiger partial charge in [0.25, 0.3) is 0 Å². The van der Waals surface area contributed by atoms with Crippen molar-refractivity contribution in [3.8, 4) is 5.75 Å². The molecule has 1 aromatic carbocycles. The molecule has 0 heterocycles. The van der Waals surface area contributed by atoms with Crippen molar-refractivity contribution < 1.29 is 17.9 Å². The number of ether oxygens (including phenoxy) is 1. The molecule has 0 bridgehead atoms. The summed E-state index contributed by atoms with van der Waals surface area (Å²) in [6.45, 7) is 3.20. The number of hydrogen-bond donors (Lipinski definition) is 0. The Morgan fingerprint density at radius 3 is 2.06 bits per heavy atom. The maximum atomic E-state index is 12.6. The summed E-state index contributed by atoms with van der Waals surface area (Å²) in [5, 5.41) is 0. The van der Waals surface area contributed by atoms with Crippen molar-refractivity contribution in [2.45, 2.75) is 24.9 Å². The second-order valence-electron chi connectivity index (χ2n) is 3.46. The summed E-state index contributed by atoms with van der Waals surface area (Å²) in [5.74, 6) is 0.529. The maximum Gasteiger partial charge on any atom is 0.411 e. The Morgan fingerprint density at radius 1 is 1.19 bits per heavy atom. The zero-order valence-corrected chi connectivity index (χ0v) is 9.69. The first kappa shape index (κ1) is 13.2. The van der Waals surface area contributed by atoms with E-state index in [1.165, 1.54) is 24.3 Å². The van der Waals surface area contributed by atoms with Crippen molar-refractivity contribution >= 4 is 11.6 Å². The van der Waals surface area contributed by atoms with E-state index in [4.69, 9.17) is 16.3 Å². The topological polar surface area (TPSA) is 9.23 Å². The fraction of sp³-hybridized carbons (Fsp3) is 0.455. The molecule has 0 aromatic heterocycles. The molecule has 0 aliphatic rings. The molecular weight excluding hydrogens is 241 g/mol. The van der Waals surface area contributed by atoms with Gasteiger partial charge in [-0.1, -0.05) is 12.1 Å². The van der Waals surface area contributed by atoms with E-state index in [9.17, 15) is 13.2 Å². The summed E-state index contributed by atoms with van der Waals surface area (Å²) < 4.78 is 42.9. The summed E-state index contributed by atoms with van der Waals surface area (Å²) >= 11 is 5.50. The van der Waals surface area contributed by atoms with E-state index in [0.717, 1.165) is 6.92 Å². The first-order valence-corrected chi connectivity index (χ1v) is 5.16. The second-order valence-corrected chi connectivity index (χ2v) is 4.21. The SMILES string of the molecule is CCOc1ccc(C(C)(Cl)C(F)(F)F)cc1. The maximum absolute atomic E-state index is 12.6. The molecule has 0 radical (unpaired) electrons. The van der Waals surface area contributed by atoms with Gasteiger partial charge in [-0.25, -0.2) is 0 Å². The molecule has 1 atom stereocenters. The van der Waals surface area contributed by atoms with E-state index in [-0.39, 0.29) is 5.56 Å². The summed E-state index contributed by atoms with van der Waals surface area (Å²) in [6, 6.07) is 5.60. The van der Waals surface area contributed by atoms with Crippen LogP contribution >= 0.6 is 11.6 Å². The monoisotopic (exact) mass is 252 g/mol. The minimum atomic E-state index is -4.48. The lowest BCUT2D eigenvalue weighted by Gasteiger charge is -2.25. The predicted octanol–water partition coefficient (Wildman–Crippen LogP) is 4.10. The zero-order chi connectivity index (χ0) is 12.4. The standard InChI is InChI=1S/C11H12ClF3O/c1-3-16-9-6-4-8(5-7-9)10(2,12)11(13,14)15/h4-7H,3H2,1-2H3. The van der Waals surface area contributed by atoms with Gasteiger partial charge in [0.2, 0.25) is 0 Å². The lowest BCUT2D eigenvalue weighted by atomic mass is 10.00. The molecular formula is C11H12ClF3O. The van der Waals surface area contributed by atoms with Gasteiger partial charge in [-0.15, -0.1) is 11.6 Å². The molecule has 1 rings (SSSR count). The third-order valence-electron chi connectivity index (χ3n) is 2.24. The minimum absolute atomic E-state index is 0.00474. The van der Waals surface area contributed by atoms with Crippen molar-refractivity contribution in [3.63, 3.8) is 0 Å². The zero-order valence-electron chi connectivity index (χ0n) is 8.94. The van der Waals surface area contributed by atoms with Gasteiger partial charge in [0.05, 0.1) is 6.61 Å². The quantitative estimate of drug-likeness (QED) is 0.736. The molecule has 0 fully saturated rings. The molecule has 0 spiro atoms. The van der Waals surface area contributed by atoms with Crippen LogP contribution in [0.4, 0.5) is 13.2 Å². The number of rotatable bonds is 3. The van der Waals surface area contributed by atoms with E-state index >= 15 is 0 Å². The van der Waals surface area contributed by atoms with Gasteiger partial charge in [0.15, 0.2) is 4.87 Å². The second kappa shape index (κ2) is 4.53. The first-order valence-electron chi connectivity index (χ1n) is 4.78. The van der Waals surface area contributed by atoms with E-state index in [1.807, 2.05) is 0 Å². The molecule has 5 heteroatoms. The Labute approximate surface area is 97.2 Å². The van der Waals surface area contributed by atoms with Crippen LogP contribution < -0.4 is 4.74 Å². The lowest BCUT2D eigenvalue weighted by molar-refractivity contribution is -0.160. The number of halogens is 4. The van der Waals surface area contributed by atoms with Crippen molar-refractivity contribution in [2.75, 3.05) is 6.61 Å². The first-order chi connectivity index (χ1) is 7.29. The molecule has 1 unspecified atom stereocenters. The van der Waals surface area contributed by atoms with Crippen LogP contribution in [0.15, 0.2) is 24.3 Å². The van der Waals surface area contributed by atoms with Gasteiger partial charge in [-0.3, -0.25) is 0 Å². The van der Waals surface area contributed by atoms with Crippen LogP contribution in [-0.4, -0.2) is 12.8 Å². The summed E-state index contributed by atoms with van der Waals surface area (Å²) in [5.41, 5.74) is 0.00474. The number of hydrogen-bond acceptors (Lipinski definition) is 1. The van der Waals surface area contributed by atoms with E-state index < -0.39 is 11.1 Å². The lowest BCUT2D eigenvalue weighted by Crippen LogP contribution is -2.33. The van der Waals surface area contributed by atoms with Crippen molar-refractivity contribution in [2.24, 2.45) is 0 Å². The summed E-state index contributed by atoms with van der Waals surface area (Å²) in [7, 11) is 0. The van der Waals surface area contributed by atoms with Crippen molar-refractivity contribution in [3.05, 3.63) is 29.8 Å². The molecule has 16 heavy (non-hydrogen) atoms. The van der Waals surface area contributed by atoms with E-state index in [2.05, 4.69) is 0 Å². The van der Waals surface area contributed by atoms with Crippen molar-refractivity contribution in [1.82, 2.24) is 0 Å². The number of benzene rings is 1. The normalized spacial score (nSPS) is 15.6. The van der Waals surface area contributed by atoms with Crippen LogP contribution in [0.25, 0.3) is 0 Å². The highest BCUT2D eigenvalue weighted by Crippen LogP contribution is 2.44. The average Bonchev–Trinajstić information content (AvgIpc) is 2.17. The predicted molar refractivity (Wildman–Crippen MR) is 56.9 cm³/mol. The molecule has 0 amide bonds. The van der Waals surface area contributed by atoms with Gasteiger partial charge in [-0.05, 0) is 31.5 Å².